The molecule has 4 heteroatoms. The fourth-order valence-corrected chi connectivity index (χ4v) is 2.31. The van der Waals surface area contributed by atoms with Crippen LogP contribution in [0.4, 0.5) is 4.39 Å². The Morgan fingerprint density at radius 2 is 2.04 bits per heavy atom. The molecule has 0 aromatic heterocycles. The van der Waals surface area contributed by atoms with Crippen molar-refractivity contribution in [2.75, 3.05) is 6.61 Å². The molecule has 0 fully saturated rings. The maximum atomic E-state index is 13.3. The summed E-state index contributed by atoms with van der Waals surface area (Å²) in [7, 11) is 0. The first-order valence-electron chi connectivity index (χ1n) is 7.63. The number of ether oxygens (including phenoxy) is 2. The number of fused-ring (bicyclic) bond motifs is 1. The predicted molar refractivity (Wildman–Crippen MR) is 90.7 cm³/mol. The van der Waals surface area contributed by atoms with Crippen LogP contribution in [0.15, 0.2) is 59.9 Å². The molecular weight excluding hydrogens is 307 g/mol. The van der Waals surface area contributed by atoms with Gasteiger partial charge in [-0.3, -0.25) is 4.79 Å². The molecule has 0 radical (unpaired) electrons. The molecule has 1 aliphatic heterocycles. The molecule has 0 atom stereocenters. The maximum absolute atomic E-state index is 13.3. The summed E-state index contributed by atoms with van der Waals surface area (Å²) in [5.74, 6) is 0.688. The lowest BCUT2D eigenvalue weighted by molar-refractivity contribution is 0.101. The topological polar surface area (TPSA) is 35.5 Å². The molecule has 0 spiro atoms. The number of halogens is 1. The number of carbonyl (C=O) groups excluding carboxylic acids is 1. The second-order valence-corrected chi connectivity index (χ2v) is 5.75. The zero-order valence-electron chi connectivity index (χ0n) is 13.5. The molecule has 0 N–H and O–H groups in total. The predicted octanol–water partition coefficient (Wildman–Crippen LogP) is 4.79. The van der Waals surface area contributed by atoms with Crippen molar-refractivity contribution in [1.29, 1.82) is 0 Å². The van der Waals surface area contributed by atoms with Gasteiger partial charge in [-0.15, -0.1) is 0 Å². The highest BCUT2D eigenvalue weighted by Crippen LogP contribution is 2.34. The van der Waals surface area contributed by atoms with E-state index < -0.39 is 0 Å². The Hall–Kier alpha value is -2.88. The van der Waals surface area contributed by atoms with Gasteiger partial charge in [-0.1, -0.05) is 17.7 Å². The molecule has 0 saturated carbocycles. The molecule has 0 unspecified atom stereocenters. The summed E-state index contributed by atoms with van der Waals surface area (Å²) in [4.78, 5) is 12.4. The summed E-state index contributed by atoms with van der Waals surface area (Å²) in [6.45, 7) is 4.45. The number of hydrogen-bond donors (Lipinski definition) is 0. The van der Waals surface area contributed by atoms with E-state index in [0.717, 1.165) is 0 Å². The first-order valence-corrected chi connectivity index (χ1v) is 7.63. The molecule has 0 saturated heterocycles. The summed E-state index contributed by atoms with van der Waals surface area (Å²) in [5, 5.41) is 0. The van der Waals surface area contributed by atoms with Gasteiger partial charge in [-0.25, -0.2) is 4.39 Å². The average molecular weight is 324 g/mol. The van der Waals surface area contributed by atoms with Gasteiger partial charge in [-0.05, 0) is 55.8 Å². The second-order valence-electron chi connectivity index (χ2n) is 5.75. The number of carbonyl (C=O) groups is 1. The molecule has 2 aromatic carbocycles. The monoisotopic (exact) mass is 324 g/mol. The highest BCUT2D eigenvalue weighted by atomic mass is 19.1. The fourth-order valence-electron chi connectivity index (χ4n) is 2.31. The van der Waals surface area contributed by atoms with Crippen molar-refractivity contribution in [1.82, 2.24) is 0 Å². The van der Waals surface area contributed by atoms with E-state index in [9.17, 15) is 9.18 Å². The van der Waals surface area contributed by atoms with E-state index in [4.69, 9.17) is 9.47 Å². The Balaban J connectivity index is 1.81. The van der Waals surface area contributed by atoms with Gasteiger partial charge in [0.05, 0.1) is 5.56 Å². The highest BCUT2D eigenvalue weighted by Gasteiger charge is 2.27. The van der Waals surface area contributed by atoms with E-state index >= 15 is 0 Å². The number of ketones is 1. The lowest BCUT2D eigenvalue weighted by Crippen LogP contribution is -1.98. The summed E-state index contributed by atoms with van der Waals surface area (Å²) in [6, 6.07) is 11.1. The maximum Gasteiger partial charge on any atom is 0.231 e. The molecule has 0 amide bonds. The summed E-state index contributed by atoms with van der Waals surface area (Å²) in [5.41, 5.74) is 2.22. The first-order chi connectivity index (χ1) is 11.5. The molecule has 2 aromatic rings. The van der Waals surface area contributed by atoms with E-state index in [0.29, 0.717) is 29.2 Å². The van der Waals surface area contributed by atoms with Crippen molar-refractivity contribution in [2.45, 2.75) is 13.8 Å². The summed E-state index contributed by atoms with van der Waals surface area (Å²) >= 11 is 0. The summed E-state index contributed by atoms with van der Waals surface area (Å²) in [6.07, 6.45) is 3.50. The van der Waals surface area contributed by atoms with Crippen LogP contribution >= 0.6 is 0 Å². The quantitative estimate of drug-likeness (QED) is 0.599. The van der Waals surface area contributed by atoms with Gasteiger partial charge in [0.1, 0.15) is 23.9 Å². The number of allylic oxidation sites excluding steroid dienone is 2. The zero-order valence-corrected chi connectivity index (χ0v) is 13.5. The van der Waals surface area contributed by atoms with Gasteiger partial charge in [0.15, 0.2) is 5.76 Å². The van der Waals surface area contributed by atoms with Gasteiger partial charge in [0.25, 0.3) is 0 Å². The number of Topliss-reactive ketones (excluding diaryl/α,β-unsaturated/α-hetero) is 1. The normalized spacial score (nSPS) is 14.3. The van der Waals surface area contributed by atoms with Crippen LogP contribution in [0.1, 0.15) is 29.8 Å². The van der Waals surface area contributed by atoms with Crippen LogP contribution in [-0.2, 0) is 0 Å². The van der Waals surface area contributed by atoms with E-state index in [1.54, 1.807) is 30.3 Å². The lowest BCUT2D eigenvalue weighted by atomic mass is 10.1. The largest absolute Gasteiger partial charge is 0.489 e. The summed E-state index contributed by atoms with van der Waals surface area (Å²) < 4.78 is 24.5. The zero-order chi connectivity index (χ0) is 17.1. The Labute approximate surface area is 140 Å². The number of benzene rings is 2. The van der Waals surface area contributed by atoms with Gasteiger partial charge >= 0.3 is 0 Å². The van der Waals surface area contributed by atoms with Crippen LogP contribution in [0.5, 0.6) is 11.5 Å². The first kappa shape index (κ1) is 16.0. The van der Waals surface area contributed by atoms with Gasteiger partial charge in [-0.2, -0.15) is 0 Å². The third-order valence-electron chi connectivity index (χ3n) is 3.53. The van der Waals surface area contributed by atoms with Crippen LogP contribution in [0.25, 0.3) is 6.08 Å². The molecule has 122 valence electrons. The molecule has 0 aliphatic carbocycles. The Bertz CT molecular complexity index is 846. The lowest BCUT2D eigenvalue weighted by Gasteiger charge is -2.05. The van der Waals surface area contributed by atoms with E-state index in [-0.39, 0.29) is 17.4 Å². The van der Waals surface area contributed by atoms with E-state index in [1.165, 1.54) is 23.8 Å². The Kier molecular flexibility index (Phi) is 4.47. The van der Waals surface area contributed by atoms with E-state index in [2.05, 4.69) is 0 Å². The SMILES string of the molecule is CC(C)=CCOc1ccc2c(c1)O/C(=C\c1cccc(F)c1)C2=O. The van der Waals surface area contributed by atoms with Crippen LogP contribution < -0.4 is 9.47 Å². The molecule has 1 aliphatic rings. The van der Waals surface area contributed by atoms with Crippen molar-refractivity contribution < 1.29 is 18.7 Å². The fraction of sp³-hybridized carbons (Fsp3) is 0.150. The Morgan fingerprint density at radius 1 is 1.21 bits per heavy atom. The Morgan fingerprint density at radius 3 is 2.79 bits per heavy atom. The minimum atomic E-state index is -0.359. The molecule has 1 heterocycles. The molecule has 0 bridgehead atoms. The van der Waals surface area contributed by atoms with Crippen molar-refractivity contribution >= 4 is 11.9 Å². The molecular formula is C20H17FO3. The van der Waals surface area contributed by atoms with Crippen molar-refractivity contribution in [3.63, 3.8) is 0 Å². The van der Waals surface area contributed by atoms with Crippen LogP contribution in [-0.4, -0.2) is 12.4 Å². The van der Waals surface area contributed by atoms with Crippen LogP contribution in [0.2, 0.25) is 0 Å². The van der Waals surface area contributed by atoms with E-state index in [1.807, 2.05) is 19.9 Å². The minimum Gasteiger partial charge on any atom is -0.489 e. The van der Waals surface area contributed by atoms with Gasteiger partial charge in [0, 0.05) is 6.07 Å². The second kappa shape index (κ2) is 6.71. The number of rotatable bonds is 4. The van der Waals surface area contributed by atoms with Crippen molar-refractivity contribution in [3.8, 4) is 11.5 Å². The van der Waals surface area contributed by atoms with Crippen LogP contribution in [0, 0.1) is 5.82 Å². The highest BCUT2D eigenvalue weighted by molar-refractivity contribution is 6.14. The standard InChI is InChI=1S/C20H17FO3/c1-13(2)8-9-23-16-6-7-17-18(12-16)24-19(20(17)22)11-14-4-3-5-15(21)10-14/h3-8,10-12H,9H2,1-2H3/b19-11-. The van der Waals surface area contributed by atoms with Crippen molar-refractivity contribution in [2.24, 2.45) is 0 Å². The molecule has 3 nitrogen and oxygen atoms in total. The van der Waals surface area contributed by atoms with Crippen LogP contribution in [0.3, 0.4) is 0 Å². The number of hydrogen-bond acceptors (Lipinski definition) is 3. The molecule has 24 heavy (non-hydrogen) atoms. The minimum absolute atomic E-state index is 0.178. The molecule has 3 rings (SSSR count). The smallest absolute Gasteiger partial charge is 0.231 e. The van der Waals surface area contributed by atoms with Gasteiger partial charge in [0.2, 0.25) is 5.78 Å². The van der Waals surface area contributed by atoms with Gasteiger partial charge < -0.3 is 9.47 Å². The third kappa shape index (κ3) is 3.54. The van der Waals surface area contributed by atoms with Crippen molar-refractivity contribution in [3.05, 3.63) is 76.8 Å². The average Bonchev–Trinajstić information content (AvgIpc) is 2.83. The third-order valence-corrected chi connectivity index (χ3v) is 3.53.